The van der Waals surface area contributed by atoms with Gasteiger partial charge in [-0.15, -0.1) is 6.58 Å². The monoisotopic (exact) mass is 446 g/mol. The first-order valence-corrected chi connectivity index (χ1v) is 10.1. The average molecular weight is 447 g/mol. The van der Waals surface area contributed by atoms with Gasteiger partial charge in [0.2, 0.25) is 17.7 Å². The predicted molar refractivity (Wildman–Crippen MR) is 104 cm³/mol. The van der Waals surface area contributed by atoms with E-state index in [1.54, 1.807) is 18.2 Å². The van der Waals surface area contributed by atoms with Crippen LogP contribution in [0.15, 0.2) is 47.5 Å². The topological polar surface area (TPSA) is 57.7 Å². The summed E-state index contributed by atoms with van der Waals surface area (Å²) in [5, 5.41) is 0. The Morgan fingerprint density at radius 1 is 1.25 bits per heavy atom. The fourth-order valence-electron chi connectivity index (χ4n) is 4.64. The molecule has 146 valence electrons. The van der Waals surface area contributed by atoms with Crippen LogP contribution in [0, 0.1) is 29.5 Å². The summed E-state index contributed by atoms with van der Waals surface area (Å²) in [5.74, 6) is -1.79. The summed E-state index contributed by atoms with van der Waals surface area (Å²) < 4.78 is 14.8. The zero-order chi connectivity index (χ0) is 20.0. The van der Waals surface area contributed by atoms with Gasteiger partial charge in [0, 0.05) is 23.1 Å². The number of benzene rings is 1. The third kappa shape index (κ3) is 3.11. The molecule has 1 aromatic rings. The van der Waals surface area contributed by atoms with Crippen LogP contribution in [0.2, 0.25) is 0 Å². The Morgan fingerprint density at radius 3 is 2.50 bits per heavy atom. The molecule has 0 N–H and O–H groups in total. The van der Waals surface area contributed by atoms with Gasteiger partial charge in [0.25, 0.3) is 0 Å². The minimum Gasteiger partial charge on any atom is -0.333 e. The van der Waals surface area contributed by atoms with Crippen molar-refractivity contribution in [3.8, 4) is 0 Å². The Balaban J connectivity index is 1.49. The molecule has 0 radical (unpaired) electrons. The summed E-state index contributed by atoms with van der Waals surface area (Å²) in [7, 11) is 0. The summed E-state index contributed by atoms with van der Waals surface area (Å²) in [4.78, 5) is 40.9. The fourth-order valence-corrected chi connectivity index (χ4v) is 5.04. The second kappa shape index (κ2) is 7.28. The van der Waals surface area contributed by atoms with Crippen LogP contribution in [0.5, 0.6) is 0 Å². The van der Waals surface area contributed by atoms with Gasteiger partial charge in [-0.05, 0) is 36.5 Å². The second-order valence-electron chi connectivity index (χ2n) is 7.56. The zero-order valence-corrected chi connectivity index (χ0v) is 16.8. The van der Waals surface area contributed by atoms with Crippen LogP contribution in [0.4, 0.5) is 4.39 Å². The minimum atomic E-state index is -0.421. The van der Waals surface area contributed by atoms with Gasteiger partial charge in [-0.25, -0.2) is 4.39 Å². The van der Waals surface area contributed by atoms with Crippen molar-refractivity contribution in [3.63, 3.8) is 0 Å². The van der Waals surface area contributed by atoms with E-state index in [0.29, 0.717) is 10.0 Å². The normalized spacial score (nSPS) is 27.4. The summed E-state index contributed by atoms with van der Waals surface area (Å²) in [6.45, 7) is 3.57. The van der Waals surface area contributed by atoms with Crippen molar-refractivity contribution < 1.29 is 18.8 Å². The molecular weight excluding hydrogens is 427 g/mol. The molecule has 3 aliphatic rings. The van der Waals surface area contributed by atoms with Gasteiger partial charge in [0.15, 0.2) is 0 Å². The molecule has 1 heterocycles. The predicted octanol–water partition coefficient (Wildman–Crippen LogP) is 2.91. The van der Waals surface area contributed by atoms with E-state index in [0.717, 1.165) is 11.3 Å². The van der Waals surface area contributed by atoms with E-state index in [2.05, 4.69) is 22.5 Å². The number of hydrogen-bond donors (Lipinski definition) is 0. The molecule has 0 spiro atoms. The van der Waals surface area contributed by atoms with Crippen LogP contribution >= 0.6 is 15.9 Å². The molecule has 4 atom stereocenters. The number of fused-ring (bicyclic) bond motifs is 5. The molecule has 28 heavy (non-hydrogen) atoms. The van der Waals surface area contributed by atoms with E-state index in [4.69, 9.17) is 0 Å². The smallest absolute Gasteiger partial charge is 0.243 e. The van der Waals surface area contributed by atoms with Gasteiger partial charge in [-0.2, -0.15) is 0 Å². The first kappa shape index (κ1) is 19.1. The average Bonchev–Trinajstić information content (AvgIpc) is 3.34. The lowest BCUT2D eigenvalue weighted by atomic mass is 9.85. The molecule has 7 heteroatoms. The van der Waals surface area contributed by atoms with E-state index >= 15 is 0 Å². The van der Waals surface area contributed by atoms with Crippen LogP contribution in [0.25, 0.3) is 0 Å². The highest BCUT2D eigenvalue weighted by Crippen LogP contribution is 2.52. The van der Waals surface area contributed by atoms with Crippen molar-refractivity contribution in [2.75, 3.05) is 13.1 Å². The van der Waals surface area contributed by atoms with E-state index in [1.807, 2.05) is 12.2 Å². The Bertz CT molecular complexity index is 870. The van der Waals surface area contributed by atoms with Gasteiger partial charge in [-0.3, -0.25) is 19.3 Å². The van der Waals surface area contributed by atoms with E-state index in [1.165, 1.54) is 11.0 Å². The first-order valence-electron chi connectivity index (χ1n) is 9.27. The van der Waals surface area contributed by atoms with Crippen molar-refractivity contribution >= 4 is 33.7 Å². The van der Waals surface area contributed by atoms with Crippen molar-refractivity contribution in [3.05, 3.63) is 58.9 Å². The van der Waals surface area contributed by atoms with Crippen molar-refractivity contribution in [1.82, 2.24) is 9.80 Å². The SMILES string of the molecule is C=CCN(Cc1cc(Br)ccc1F)C(=O)CN1C(=O)C2C3C=CC(C3)C2C1=O. The number of rotatable bonds is 6. The first-order chi connectivity index (χ1) is 13.4. The number of carbonyl (C=O) groups excluding carboxylic acids is 3. The third-order valence-electron chi connectivity index (χ3n) is 5.93. The lowest BCUT2D eigenvalue weighted by Crippen LogP contribution is -2.43. The van der Waals surface area contributed by atoms with Gasteiger partial charge < -0.3 is 4.90 Å². The van der Waals surface area contributed by atoms with Crippen LogP contribution in [0.1, 0.15) is 12.0 Å². The number of hydrogen-bond acceptors (Lipinski definition) is 3. The quantitative estimate of drug-likeness (QED) is 0.498. The van der Waals surface area contributed by atoms with Crippen LogP contribution in [-0.2, 0) is 20.9 Å². The molecule has 1 aliphatic heterocycles. The summed E-state index contributed by atoms with van der Waals surface area (Å²) >= 11 is 3.30. The summed E-state index contributed by atoms with van der Waals surface area (Å²) in [6, 6.07) is 4.52. The molecule has 0 aromatic heterocycles. The van der Waals surface area contributed by atoms with Crippen LogP contribution in [-0.4, -0.2) is 40.6 Å². The van der Waals surface area contributed by atoms with E-state index in [-0.39, 0.29) is 55.1 Å². The van der Waals surface area contributed by atoms with E-state index in [9.17, 15) is 18.8 Å². The number of halogens is 2. The number of carbonyl (C=O) groups is 3. The molecule has 2 aliphatic carbocycles. The Kier molecular flexibility index (Phi) is 4.95. The lowest BCUT2D eigenvalue weighted by molar-refractivity contribution is -0.147. The molecule has 2 bridgehead atoms. The van der Waals surface area contributed by atoms with Crippen molar-refractivity contribution in [2.45, 2.75) is 13.0 Å². The molecule has 5 nitrogen and oxygen atoms in total. The summed E-state index contributed by atoms with van der Waals surface area (Å²) in [6.07, 6.45) is 6.42. The molecule has 1 saturated carbocycles. The van der Waals surface area contributed by atoms with Crippen molar-refractivity contribution in [2.24, 2.45) is 23.7 Å². The largest absolute Gasteiger partial charge is 0.333 e. The molecule has 1 aromatic carbocycles. The maximum atomic E-state index is 14.1. The summed E-state index contributed by atoms with van der Waals surface area (Å²) in [5.41, 5.74) is 0.350. The minimum absolute atomic E-state index is 0.0337. The Labute approximate surface area is 171 Å². The maximum Gasteiger partial charge on any atom is 0.243 e. The van der Waals surface area contributed by atoms with Crippen molar-refractivity contribution in [1.29, 1.82) is 0 Å². The highest BCUT2D eigenvalue weighted by atomic mass is 79.9. The lowest BCUT2D eigenvalue weighted by Gasteiger charge is -2.25. The Morgan fingerprint density at radius 2 is 1.89 bits per heavy atom. The molecule has 2 fully saturated rings. The van der Waals surface area contributed by atoms with Crippen LogP contribution < -0.4 is 0 Å². The maximum absolute atomic E-state index is 14.1. The van der Waals surface area contributed by atoms with Gasteiger partial charge in [-0.1, -0.05) is 34.2 Å². The number of imide groups is 1. The molecule has 4 unspecified atom stereocenters. The number of amides is 3. The Hall–Kier alpha value is -2.28. The number of nitrogens with zero attached hydrogens (tertiary/aromatic N) is 2. The number of likely N-dealkylation sites (tertiary alicyclic amines) is 1. The van der Waals surface area contributed by atoms with Gasteiger partial charge in [0.1, 0.15) is 12.4 Å². The fraction of sp³-hybridized carbons (Fsp3) is 0.381. The third-order valence-corrected chi connectivity index (χ3v) is 6.42. The molecule has 4 rings (SSSR count). The second-order valence-corrected chi connectivity index (χ2v) is 8.48. The van der Waals surface area contributed by atoms with Crippen LogP contribution in [0.3, 0.4) is 0 Å². The molecule has 3 amide bonds. The molecule has 1 saturated heterocycles. The standard InChI is InChI=1S/C21H20BrFN2O3/c1-2-7-24(10-14-9-15(22)5-6-16(14)23)17(26)11-25-20(27)18-12-3-4-13(8-12)19(18)21(25)28/h2-6,9,12-13,18-19H,1,7-8,10-11H2. The van der Waals surface area contributed by atoms with E-state index < -0.39 is 11.7 Å². The molecular formula is C21H20BrFN2O3. The number of allylic oxidation sites excluding steroid dienone is 2. The highest BCUT2D eigenvalue weighted by molar-refractivity contribution is 9.10. The van der Waals surface area contributed by atoms with Gasteiger partial charge >= 0.3 is 0 Å². The highest BCUT2D eigenvalue weighted by Gasteiger charge is 2.59. The zero-order valence-electron chi connectivity index (χ0n) is 15.2. The van der Waals surface area contributed by atoms with Gasteiger partial charge in [0.05, 0.1) is 11.8 Å².